The Kier molecular flexibility index (Phi) is 4.17. The predicted molar refractivity (Wildman–Crippen MR) is 54.8 cm³/mol. The summed E-state index contributed by atoms with van der Waals surface area (Å²) >= 11 is 0. The Morgan fingerprint density at radius 3 is 2.47 bits per heavy atom. The lowest BCUT2D eigenvalue weighted by Crippen LogP contribution is -2.25. The molecule has 3 N–H and O–H groups in total. The van der Waals surface area contributed by atoms with Gasteiger partial charge in [-0.25, -0.2) is 8.78 Å². The predicted octanol–water partition coefficient (Wildman–Crippen LogP) is 1.87. The molecule has 0 bridgehead atoms. The third kappa shape index (κ3) is 3.25. The maximum Gasteiger partial charge on any atom is 0.242 e. The number of aliphatic hydroxyl groups excluding tert-OH is 1. The van der Waals surface area contributed by atoms with Crippen LogP contribution in [-0.2, 0) is 6.42 Å². The highest BCUT2D eigenvalue weighted by atomic mass is 19.3. The number of hydrogen-bond donors (Lipinski definition) is 2. The summed E-state index contributed by atoms with van der Waals surface area (Å²) in [5.74, 6) is 0. The topological polar surface area (TPSA) is 46.2 Å². The van der Waals surface area contributed by atoms with E-state index in [4.69, 9.17) is 5.73 Å². The van der Waals surface area contributed by atoms with Crippen molar-refractivity contribution in [2.24, 2.45) is 5.73 Å². The smallest absolute Gasteiger partial charge is 0.242 e. The lowest BCUT2D eigenvalue weighted by molar-refractivity contribution is 0.139. The van der Waals surface area contributed by atoms with Crippen molar-refractivity contribution in [2.75, 3.05) is 0 Å². The van der Waals surface area contributed by atoms with E-state index < -0.39 is 18.6 Å². The molecule has 4 heteroatoms. The number of benzene rings is 1. The van der Waals surface area contributed by atoms with Gasteiger partial charge in [-0.1, -0.05) is 24.3 Å². The Labute approximate surface area is 87.7 Å². The number of nitrogens with two attached hydrogens (primary N) is 1. The van der Waals surface area contributed by atoms with E-state index in [2.05, 4.69) is 0 Å². The summed E-state index contributed by atoms with van der Waals surface area (Å²) < 4.78 is 24.5. The van der Waals surface area contributed by atoms with Gasteiger partial charge in [-0.2, -0.15) is 0 Å². The fourth-order valence-corrected chi connectivity index (χ4v) is 1.46. The molecule has 2 unspecified atom stereocenters. The van der Waals surface area contributed by atoms with Gasteiger partial charge >= 0.3 is 0 Å². The van der Waals surface area contributed by atoms with E-state index in [0.717, 1.165) is 0 Å². The Balaban J connectivity index is 2.95. The molecular formula is C11H15F2NO. The maximum atomic E-state index is 12.3. The van der Waals surface area contributed by atoms with Gasteiger partial charge in [0.15, 0.2) is 0 Å². The Morgan fingerprint density at radius 2 is 1.93 bits per heavy atom. The van der Waals surface area contributed by atoms with E-state index in [9.17, 15) is 13.9 Å². The van der Waals surface area contributed by atoms with Crippen LogP contribution in [0.1, 0.15) is 24.2 Å². The minimum atomic E-state index is -2.41. The fourth-order valence-electron chi connectivity index (χ4n) is 1.46. The minimum Gasteiger partial charge on any atom is -0.387 e. The van der Waals surface area contributed by atoms with Gasteiger partial charge in [-0.05, 0) is 18.1 Å². The van der Waals surface area contributed by atoms with Crippen LogP contribution in [0.4, 0.5) is 8.78 Å². The average Bonchev–Trinajstić information content (AvgIpc) is 2.16. The summed E-state index contributed by atoms with van der Waals surface area (Å²) in [4.78, 5) is 0. The second-order valence-corrected chi connectivity index (χ2v) is 3.60. The summed E-state index contributed by atoms with van der Waals surface area (Å²) in [5.41, 5.74) is 6.48. The second kappa shape index (κ2) is 5.19. The molecule has 0 saturated heterocycles. The highest BCUT2D eigenvalue weighted by Gasteiger charge is 2.17. The van der Waals surface area contributed by atoms with Gasteiger partial charge in [0.1, 0.15) is 0 Å². The first kappa shape index (κ1) is 12.1. The van der Waals surface area contributed by atoms with Gasteiger partial charge < -0.3 is 10.8 Å². The van der Waals surface area contributed by atoms with E-state index in [1.54, 1.807) is 31.2 Å². The van der Waals surface area contributed by atoms with Crippen molar-refractivity contribution in [1.82, 2.24) is 0 Å². The first-order valence-electron chi connectivity index (χ1n) is 4.82. The number of rotatable bonds is 4. The van der Waals surface area contributed by atoms with Crippen LogP contribution in [0.2, 0.25) is 0 Å². The fraction of sp³-hybridized carbons (Fsp3) is 0.455. The molecule has 0 aliphatic heterocycles. The number of alkyl halides is 2. The summed E-state index contributed by atoms with van der Waals surface area (Å²) in [5, 5.41) is 9.72. The van der Waals surface area contributed by atoms with Gasteiger partial charge in [-0.3, -0.25) is 0 Å². The lowest BCUT2D eigenvalue weighted by Gasteiger charge is -2.18. The van der Waals surface area contributed by atoms with Gasteiger partial charge in [0.2, 0.25) is 6.43 Å². The van der Waals surface area contributed by atoms with Crippen molar-refractivity contribution in [3.8, 4) is 0 Å². The van der Waals surface area contributed by atoms with Crippen molar-refractivity contribution in [1.29, 1.82) is 0 Å². The molecular weight excluding hydrogens is 200 g/mol. The number of halogens is 2. The molecule has 2 nitrogen and oxygen atoms in total. The van der Waals surface area contributed by atoms with Crippen LogP contribution in [0.3, 0.4) is 0 Å². The van der Waals surface area contributed by atoms with Crippen molar-refractivity contribution in [3.05, 3.63) is 35.4 Å². The van der Waals surface area contributed by atoms with Crippen LogP contribution in [0.25, 0.3) is 0 Å². The largest absolute Gasteiger partial charge is 0.387 e. The molecule has 2 atom stereocenters. The molecule has 0 aromatic heterocycles. The molecule has 0 fully saturated rings. The maximum absolute atomic E-state index is 12.3. The molecule has 84 valence electrons. The Morgan fingerprint density at radius 1 is 1.33 bits per heavy atom. The Bertz CT molecular complexity index is 315. The van der Waals surface area contributed by atoms with Gasteiger partial charge in [0.25, 0.3) is 0 Å². The number of hydrogen-bond acceptors (Lipinski definition) is 2. The molecule has 0 radical (unpaired) electrons. The van der Waals surface area contributed by atoms with E-state index >= 15 is 0 Å². The molecule has 1 aromatic carbocycles. The van der Waals surface area contributed by atoms with Crippen molar-refractivity contribution in [2.45, 2.75) is 31.9 Å². The molecule has 0 saturated carbocycles. The van der Waals surface area contributed by atoms with Crippen LogP contribution in [-0.4, -0.2) is 17.6 Å². The minimum absolute atomic E-state index is 0.347. The highest BCUT2D eigenvalue weighted by molar-refractivity contribution is 5.30. The van der Waals surface area contributed by atoms with Crippen LogP contribution < -0.4 is 5.73 Å². The molecule has 0 heterocycles. The third-order valence-corrected chi connectivity index (χ3v) is 2.25. The number of aliphatic hydroxyl groups is 1. The first-order valence-corrected chi connectivity index (χ1v) is 4.82. The summed E-state index contributed by atoms with van der Waals surface area (Å²) in [6.07, 6.45) is -3.65. The van der Waals surface area contributed by atoms with E-state index in [1.165, 1.54) is 0 Å². The molecule has 0 spiro atoms. The molecule has 15 heavy (non-hydrogen) atoms. The molecule has 1 rings (SSSR count). The van der Waals surface area contributed by atoms with Crippen LogP contribution in [0, 0.1) is 0 Å². The monoisotopic (exact) mass is 215 g/mol. The molecule has 0 aliphatic rings. The molecule has 0 amide bonds. The van der Waals surface area contributed by atoms with Crippen LogP contribution in [0.5, 0.6) is 0 Å². The average molecular weight is 215 g/mol. The lowest BCUT2D eigenvalue weighted by atomic mass is 9.97. The van der Waals surface area contributed by atoms with Crippen molar-refractivity contribution in [3.63, 3.8) is 0 Å². The highest BCUT2D eigenvalue weighted by Crippen LogP contribution is 2.22. The summed E-state index contributed by atoms with van der Waals surface area (Å²) in [6, 6.07) is 6.13. The third-order valence-electron chi connectivity index (χ3n) is 2.25. The van der Waals surface area contributed by atoms with Crippen LogP contribution >= 0.6 is 0 Å². The zero-order valence-corrected chi connectivity index (χ0v) is 8.53. The zero-order valence-electron chi connectivity index (χ0n) is 8.53. The Hall–Kier alpha value is -1.00. The molecule has 0 aliphatic carbocycles. The first-order chi connectivity index (χ1) is 7.02. The van der Waals surface area contributed by atoms with Crippen molar-refractivity contribution >= 4 is 0 Å². The van der Waals surface area contributed by atoms with E-state index in [1.807, 2.05) is 0 Å². The summed E-state index contributed by atoms with van der Waals surface area (Å²) in [6.45, 7) is 1.64. The van der Waals surface area contributed by atoms with Gasteiger partial charge in [0, 0.05) is 12.5 Å². The van der Waals surface area contributed by atoms with Gasteiger partial charge in [-0.15, -0.1) is 0 Å². The normalized spacial score (nSPS) is 15.3. The van der Waals surface area contributed by atoms with Crippen molar-refractivity contribution < 1.29 is 13.9 Å². The van der Waals surface area contributed by atoms with E-state index in [0.29, 0.717) is 11.1 Å². The summed E-state index contributed by atoms with van der Waals surface area (Å²) in [7, 11) is 0. The quantitative estimate of drug-likeness (QED) is 0.805. The van der Waals surface area contributed by atoms with E-state index in [-0.39, 0.29) is 6.42 Å². The SMILES string of the molecule is CC(N)C(O)c1ccccc1CC(F)F. The second-order valence-electron chi connectivity index (χ2n) is 3.60. The zero-order chi connectivity index (χ0) is 11.4. The molecule has 1 aromatic rings. The standard InChI is InChI=1S/C11H15F2NO/c1-7(14)11(15)9-5-3-2-4-8(9)6-10(12)13/h2-5,7,10-11,15H,6,14H2,1H3. The van der Waals surface area contributed by atoms with Crippen LogP contribution in [0.15, 0.2) is 24.3 Å². The van der Waals surface area contributed by atoms with Gasteiger partial charge in [0.05, 0.1) is 6.10 Å².